The van der Waals surface area contributed by atoms with E-state index in [0.717, 1.165) is 12.8 Å². The van der Waals surface area contributed by atoms with Crippen LogP contribution in [0.1, 0.15) is 31.4 Å². The van der Waals surface area contributed by atoms with Crippen molar-refractivity contribution in [3.63, 3.8) is 0 Å². The quantitative estimate of drug-likeness (QED) is 0.421. The molecule has 0 amide bonds. The van der Waals surface area contributed by atoms with Gasteiger partial charge in [-0.3, -0.25) is 0 Å². The van der Waals surface area contributed by atoms with Gasteiger partial charge >= 0.3 is 11.9 Å². The molecule has 0 radical (unpaired) electrons. The molecule has 24 heavy (non-hydrogen) atoms. The summed E-state index contributed by atoms with van der Waals surface area (Å²) in [7, 11) is 1.86. The topological polar surface area (TPSA) is 61.4 Å². The van der Waals surface area contributed by atoms with Crippen molar-refractivity contribution in [2.24, 2.45) is 7.05 Å². The minimum absolute atomic E-state index is 0.0341. The zero-order chi connectivity index (χ0) is 17.4. The van der Waals surface area contributed by atoms with E-state index >= 15 is 0 Å². The van der Waals surface area contributed by atoms with Crippen LogP contribution in [0.15, 0.2) is 49.1 Å². The summed E-state index contributed by atoms with van der Waals surface area (Å²) >= 11 is 0. The average molecular weight is 331 g/mol. The normalized spacial score (nSPS) is 11.8. The van der Waals surface area contributed by atoms with Crippen LogP contribution in [0.25, 0.3) is 0 Å². The number of nitrogens with zero attached hydrogens (tertiary/aromatic N) is 2. The summed E-state index contributed by atoms with van der Waals surface area (Å²) in [4.78, 5) is 24.5. The van der Waals surface area contributed by atoms with Crippen molar-refractivity contribution in [1.29, 1.82) is 0 Å². The molecule has 6 nitrogen and oxygen atoms in total. The van der Waals surface area contributed by atoms with Crippen LogP contribution in [-0.4, -0.2) is 23.1 Å². The van der Waals surface area contributed by atoms with Gasteiger partial charge in [-0.2, -0.15) is 0 Å². The second kappa shape index (κ2) is 8.86. The van der Waals surface area contributed by atoms with E-state index in [2.05, 4.69) is 0 Å². The maximum atomic E-state index is 12.3. The number of unbranched alkanes of at least 4 members (excludes halogenated alkanes) is 1. The van der Waals surface area contributed by atoms with Crippen molar-refractivity contribution < 1.29 is 23.6 Å². The Balaban J connectivity index is 2.04. The summed E-state index contributed by atoms with van der Waals surface area (Å²) in [6.07, 6.45) is 6.01. The van der Waals surface area contributed by atoms with Gasteiger partial charge in [0, 0.05) is 5.56 Å². The average Bonchev–Trinajstić information content (AvgIpc) is 2.98. The molecule has 2 aromatic rings. The predicted octanol–water partition coefficient (Wildman–Crippen LogP) is 1.94. The standard InChI is InChI=1S/C18H23N2O4/c1-3-4-12-23-18(22)17(15-8-6-5-7-9-15)24-16(21)13-20-11-10-19(2)14-20/h5-11,14,17H,3-4,12-13H2,1-2H3/q+1/t17-/m1/s1. The van der Waals surface area contributed by atoms with Crippen LogP contribution < -0.4 is 4.57 Å². The molecule has 0 spiro atoms. The lowest BCUT2D eigenvalue weighted by molar-refractivity contribution is -0.685. The predicted molar refractivity (Wildman–Crippen MR) is 86.8 cm³/mol. The second-order valence-corrected chi connectivity index (χ2v) is 5.55. The van der Waals surface area contributed by atoms with Gasteiger partial charge in [0.1, 0.15) is 12.4 Å². The Labute approximate surface area is 141 Å². The Bertz CT molecular complexity index is 667. The molecule has 128 valence electrons. The molecule has 0 bridgehead atoms. The number of aryl methyl sites for hydroxylation is 1. The third-order valence-corrected chi connectivity index (χ3v) is 3.44. The lowest BCUT2D eigenvalue weighted by atomic mass is 10.1. The molecular weight excluding hydrogens is 308 g/mol. The molecule has 0 aliphatic rings. The molecule has 1 atom stereocenters. The fourth-order valence-corrected chi connectivity index (χ4v) is 2.19. The molecule has 2 rings (SSSR count). The third-order valence-electron chi connectivity index (χ3n) is 3.44. The molecule has 0 saturated carbocycles. The summed E-state index contributed by atoms with van der Waals surface area (Å²) in [5, 5.41) is 0. The van der Waals surface area contributed by atoms with Gasteiger partial charge in [-0.05, 0) is 6.42 Å². The van der Waals surface area contributed by atoms with Gasteiger partial charge in [-0.1, -0.05) is 43.7 Å². The summed E-state index contributed by atoms with van der Waals surface area (Å²) in [5.74, 6) is -1.03. The van der Waals surface area contributed by atoms with Crippen LogP contribution >= 0.6 is 0 Å². The van der Waals surface area contributed by atoms with Crippen molar-refractivity contribution in [3.05, 3.63) is 54.6 Å². The number of aromatic nitrogens is 2. The first kappa shape index (κ1) is 17.7. The van der Waals surface area contributed by atoms with Crippen LogP contribution in [0.4, 0.5) is 0 Å². The van der Waals surface area contributed by atoms with Gasteiger partial charge in [0.15, 0.2) is 6.54 Å². The fourth-order valence-electron chi connectivity index (χ4n) is 2.19. The van der Waals surface area contributed by atoms with Gasteiger partial charge in [0.25, 0.3) is 0 Å². The number of hydrogen-bond donors (Lipinski definition) is 0. The summed E-state index contributed by atoms with van der Waals surface area (Å²) < 4.78 is 14.1. The highest BCUT2D eigenvalue weighted by molar-refractivity contribution is 5.80. The highest BCUT2D eigenvalue weighted by Gasteiger charge is 2.27. The zero-order valence-electron chi connectivity index (χ0n) is 14.1. The molecule has 1 aromatic heterocycles. The minimum atomic E-state index is -1.04. The smallest absolute Gasteiger partial charge is 0.352 e. The van der Waals surface area contributed by atoms with Gasteiger partial charge < -0.3 is 9.47 Å². The van der Waals surface area contributed by atoms with E-state index in [-0.39, 0.29) is 6.54 Å². The SMILES string of the molecule is CCCCOC(=O)[C@H](OC(=O)C[n+]1ccn(C)c1)c1ccccc1. The monoisotopic (exact) mass is 331 g/mol. The molecule has 0 aliphatic carbocycles. The molecular formula is C18H23N2O4+. The van der Waals surface area contributed by atoms with Crippen LogP contribution in [0.5, 0.6) is 0 Å². The highest BCUT2D eigenvalue weighted by Crippen LogP contribution is 2.19. The van der Waals surface area contributed by atoms with Crippen molar-refractivity contribution in [1.82, 2.24) is 4.57 Å². The van der Waals surface area contributed by atoms with Gasteiger partial charge in [-0.15, -0.1) is 0 Å². The summed E-state index contributed by atoms with van der Waals surface area (Å²) in [6.45, 7) is 2.37. The first-order valence-corrected chi connectivity index (χ1v) is 8.02. The maximum absolute atomic E-state index is 12.3. The van der Waals surface area contributed by atoms with Crippen LogP contribution in [0, 0.1) is 0 Å². The molecule has 0 N–H and O–H groups in total. The Morgan fingerprint density at radius 3 is 2.62 bits per heavy atom. The van der Waals surface area contributed by atoms with E-state index in [1.165, 1.54) is 0 Å². The van der Waals surface area contributed by atoms with Crippen molar-refractivity contribution in [3.8, 4) is 0 Å². The first-order valence-electron chi connectivity index (χ1n) is 8.02. The van der Waals surface area contributed by atoms with E-state index < -0.39 is 18.0 Å². The van der Waals surface area contributed by atoms with Gasteiger partial charge in [0.05, 0.1) is 13.7 Å². The molecule has 0 saturated heterocycles. The molecule has 0 fully saturated rings. The third kappa shape index (κ3) is 5.22. The molecule has 6 heteroatoms. The number of rotatable bonds is 8. The zero-order valence-corrected chi connectivity index (χ0v) is 14.1. The minimum Gasteiger partial charge on any atom is -0.463 e. The highest BCUT2D eigenvalue weighted by atomic mass is 16.6. The van der Waals surface area contributed by atoms with E-state index in [1.807, 2.05) is 30.8 Å². The Hall–Kier alpha value is -2.63. The number of imidazole rings is 1. The van der Waals surface area contributed by atoms with E-state index in [0.29, 0.717) is 12.2 Å². The number of esters is 2. The lowest BCUT2D eigenvalue weighted by Crippen LogP contribution is -2.37. The van der Waals surface area contributed by atoms with Crippen LogP contribution in [0.3, 0.4) is 0 Å². The molecule has 1 aromatic carbocycles. The first-order chi connectivity index (χ1) is 11.6. The Morgan fingerprint density at radius 1 is 1.25 bits per heavy atom. The van der Waals surface area contributed by atoms with Crippen molar-refractivity contribution >= 4 is 11.9 Å². The van der Waals surface area contributed by atoms with Crippen molar-refractivity contribution in [2.75, 3.05) is 6.61 Å². The van der Waals surface area contributed by atoms with Gasteiger partial charge in [-0.25, -0.2) is 18.7 Å². The van der Waals surface area contributed by atoms with Gasteiger partial charge in [0.2, 0.25) is 12.4 Å². The number of carbonyl (C=O) groups excluding carboxylic acids is 2. The molecule has 0 aliphatic heterocycles. The van der Waals surface area contributed by atoms with Crippen LogP contribution in [0.2, 0.25) is 0 Å². The summed E-state index contributed by atoms with van der Waals surface area (Å²) in [5.41, 5.74) is 0.602. The number of hydrogen-bond acceptors (Lipinski definition) is 4. The Kier molecular flexibility index (Phi) is 6.54. The number of ether oxygens (including phenoxy) is 2. The second-order valence-electron chi connectivity index (χ2n) is 5.55. The fraction of sp³-hybridized carbons (Fsp3) is 0.389. The van der Waals surface area contributed by atoms with E-state index in [1.54, 1.807) is 41.4 Å². The number of carbonyl (C=O) groups is 2. The lowest BCUT2D eigenvalue weighted by Gasteiger charge is -2.16. The molecule has 1 heterocycles. The maximum Gasteiger partial charge on any atom is 0.352 e. The molecule has 0 unspecified atom stereocenters. The van der Waals surface area contributed by atoms with E-state index in [9.17, 15) is 9.59 Å². The largest absolute Gasteiger partial charge is 0.463 e. The summed E-state index contributed by atoms with van der Waals surface area (Å²) in [6, 6.07) is 8.91. The Morgan fingerprint density at radius 2 is 2.00 bits per heavy atom. The van der Waals surface area contributed by atoms with Crippen molar-refractivity contribution in [2.45, 2.75) is 32.4 Å². The number of benzene rings is 1. The van der Waals surface area contributed by atoms with E-state index in [4.69, 9.17) is 9.47 Å². The van der Waals surface area contributed by atoms with Crippen LogP contribution in [-0.2, 0) is 32.7 Å².